The van der Waals surface area contributed by atoms with Crippen molar-refractivity contribution in [3.63, 3.8) is 0 Å². The highest BCUT2D eigenvalue weighted by Gasteiger charge is 2.51. The summed E-state index contributed by atoms with van der Waals surface area (Å²) in [6, 6.07) is 2.52. The van der Waals surface area contributed by atoms with Crippen molar-refractivity contribution >= 4 is 6.03 Å². The molecule has 0 aromatic carbocycles. The molecule has 0 N–H and O–H groups in total. The molecule has 1 aliphatic heterocycles. The van der Waals surface area contributed by atoms with Crippen molar-refractivity contribution in [2.24, 2.45) is 11.3 Å². The molecule has 1 saturated heterocycles. The van der Waals surface area contributed by atoms with E-state index in [1.807, 2.05) is 18.7 Å². The molecule has 0 radical (unpaired) electrons. The molecule has 2 saturated carbocycles. The second-order valence-electron chi connectivity index (χ2n) is 7.97. The Hall–Kier alpha value is -1.24. The number of amides is 2. The second kappa shape index (κ2) is 5.19. The lowest BCUT2D eigenvalue weighted by Gasteiger charge is -2.40. The van der Waals surface area contributed by atoms with E-state index in [9.17, 15) is 10.1 Å². The number of carbonyl (C=O) groups is 1. The monoisotopic (exact) mass is 289 g/mol. The van der Waals surface area contributed by atoms with Crippen molar-refractivity contribution in [1.82, 2.24) is 9.80 Å². The van der Waals surface area contributed by atoms with Gasteiger partial charge in [-0.1, -0.05) is 19.3 Å². The van der Waals surface area contributed by atoms with Crippen LogP contribution in [0.25, 0.3) is 0 Å². The number of nitriles is 1. The summed E-state index contributed by atoms with van der Waals surface area (Å²) in [7, 11) is 0. The summed E-state index contributed by atoms with van der Waals surface area (Å²) < 4.78 is 0. The van der Waals surface area contributed by atoms with Crippen molar-refractivity contribution in [3.8, 4) is 6.07 Å². The highest BCUT2D eigenvalue weighted by atomic mass is 16.2. The van der Waals surface area contributed by atoms with Crippen LogP contribution in [-0.4, -0.2) is 41.0 Å². The Labute approximate surface area is 128 Å². The normalized spacial score (nSPS) is 25.5. The molecule has 2 amide bonds. The minimum Gasteiger partial charge on any atom is -0.321 e. The van der Waals surface area contributed by atoms with Crippen LogP contribution in [0.15, 0.2) is 0 Å². The lowest BCUT2D eigenvalue weighted by atomic mass is 9.81. The van der Waals surface area contributed by atoms with Crippen LogP contribution in [0.5, 0.6) is 0 Å². The van der Waals surface area contributed by atoms with Crippen molar-refractivity contribution in [2.75, 3.05) is 19.6 Å². The van der Waals surface area contributed by atoms with Crippen LogP contribution >= 0.6 is 0 Å². The average Bonchev–Trinajstić information content (AvgIpc) is 3.24. The minimum atomic E-state index is -0.457. The van der Waals surface area contributed by atoms with E-state index in [1.165, 1.54) is 32.1 Å². The quantitative estimate of drug-likeness (QED) is 0.796. The first kappa shape index (κ1) is 14.7. The molecule has 4 heteroatoms. The standard InChI is InChI=1S/C17H27N3O/c1-16(2,11-18)12-19-13-17(8-4-3-5-9-17)20(15(19)21)10-14-6-7-14/h14H,3-10,12-13H2,1-2H3. The lowest BCUT2D eigenvalue weighted by molar-refractivity contribution is 0.115. The Bertz CT molecular complexity index is 455. The summed E-state index contributed by atoms with van der Waals surface area (Å²) in [4.78, 5) is 17.0. The molecule has 1 heterocycles. The first-order valence-electron chi connectivity index (χ1n) is 8.44. The fraction of sp³-hybridized carbons (Fsp3) is 0.882. The number of carbonyl (C=O) groups excluding carboxylic acids is 1. The van der Waals surface area contributed by atoms with Crippen LogP contribution in [0, 0.1) is 22.7 Å². The fourth-order valence-electron chi connectivity index (χ4n) is 3.99. The van der Waals surface area contributed by atoms with E-state index in [1.54, 1.807) is 0 Å². The Balaban J connectivity index is 1.78. The van der Waals surface area contributed by atoms with Crippen LogP contribution in [0.2, 0.25) is 0 Å². The third kappa shape index (κ3) is 2.88. The molecule has 2 aliphatic carbocycles. The number of rotatable bonds is 4. The zero-order valence-corrected chi connectivity index (χ0v) is 13.4. The summed E-state index contributed by atoms with van der Waals surface area (Å²) >= 11 is 0. The number of hydrogen-bond donors (Lipinski definition) is 0. The summed E-state index contributed by atoms with van der Waals surface area (Å²) in [5.74, 6) is 0.733. The van der Waals surface area contributed by atoms with Gasteiger partial charge in [0.15, 0.2) is 0 Å². The molecule has 0 bridgehead atoms. The molecule has 0 unspecified atom stereocenters. The van der Waals surface area contributed by atoms with E-state index in [0.717, 1.165) is 31.8 Å². The maximum atomic E-state index is 12.9. The Kier molecular flexibility index (Phi) is 3.63. The predicted octanol–water partition coefficient (Wildman–Crippen LogP) is 3.39. The van der Waals surface area contributed by atoms with Gasteiger partial charge in [-0.3, -0.25) is 0 Å². The van der Waals surface area contributed by atoms with Gasteiger partial charge in [-0.15, -0.1) is 0 Å². The van der Waals surface area contributed by atoms with Gasteiger partial charge in [-0.25, -0.2) is 4.79 Å². The lowest BCUT2D eigenvalue weighted by Crippen LogP contribution is -2.49. The molecule has 0 aromatic rings. The molecule has 3 aliphatic rings. The molecular weight excluding hydrogens is 262 g/mol. The third-order valence-corrected chi connectivity index (χ3v) is 5.37. The molecule has 0 aromatic heterocycles. The van der Waals surface area contributed by atoms with Gasteiger partial charge in [0, 0.05) is 19.6 Å². The molecule has 4 nitrogen and oxygen atoms in total. The second-order valence-corrected chi connectivity index (χ2v) is 7.97. The largest absolute Gasteiger partial charge is 0.321 e. The van der Waals surface area contributed by atoms with E-state index < -0.39 is 5.41 Å². The zero-order valence-electron chi connectivity index (χ0n) is 13.4. The summed E-state index contributed by atoms with van der Waals surface area (Å²) in [5.41, 5.74) is -0.384. The van der Waals surface area contributed by atoms with Crippen LogP contribution in [0.4, 0.5) is 4.79 Å². The van der Waals surface area contributed by atoms with Crippen molar-refractivity contribution in [1.29, 1.82) is 5.26 Å². The van der Waals surface area contributed by atoms with E-state index in [0.29, 0.717) is 6.54 Å². The topological polar surface area (TPSA) is 47.3 Å². The van der Waals surface area contributed by atoms with Gasteiger partial charge in [-0.2, -0.15) is 5.26 Å². The fourth-order valence-corrected chi connectivity index (χ4v) is 3.99. The van der Waals surface area contributed by atoms with Gasteiger partial charge < -0.3 is 9.80 Å². The number of hydrogen-bond acceptors (Lipinski definition) is 2. The predicted molar refractivity (Wildman–Crippen MR) is 81.6 cm³/mol. The Morgan fingerprint density at radius 2 is 1.95 bits per heavy atom. The van der Waals surface area contributed by atoms with Gasteiger partial charge in [0.1, 0.15) is 0 Å². The number of urea groups is 1. The van der Waals surface area contributed by atoms with Gasteiger partial charge in [-0.05, 0) is 45.4 Å². The summed E-state index contributed by atoms with van der Waals surface area (Å²) in [5, 5.41) is 9.26. The first-order chi connectivity index (χ1) is 9.96. The molecule has 0 atom stereocenters. The smallest absolute Gasteiger partial charge is 0.320 e. The molecule has 3 fully saturated rings. The maximum Gasteiger partial charge on any atom is 0.320 e. The van der Waals surface area contributed by atoms with Crippen molar-refractivity contribution in [3.05, 3.63) is 0 Å². The SMILES string of the molecule is CC(C)(C#N)CN1CC2(CCCCC2)N(CC2CC2)C1=O. The molecule has 1 spiro atoms. The van der Waals surface area contributed by atoms with Crippen LogP contribution in [0.1, 0.15) is 58.8 Å². The average molecular weight is 289 g/mol. The van der Waals surface area contributed by atoms with E-state index in [-0.39, 0.29) is 11.6 Å². The van der Waals surface area contributed by atoms with Crippen LogP contribution in [-0.2, 0) is 0 Å². The summed E-state index contributed by atoms with van der Waals surface area (Å²) in [6.45, 7) is 6.20. The van der Waals surface area contributed by atoms with Gasteiger partial charge in [0.2, 0.25) is 0 Å². The zero-order chi connectivity index (χ0) is 15.1. The first-order valence-corrected chi connectivity index (χ1v) is 8.44. The van der Waals surface area contributed by atoms with Gasteiger partial charge in [0.25, 0.3) is 0 Å². The maximum absolute atomic E-state index is 12.9. The highest BCUT2D eigenvalue weighted by molar-refractivity contribution is 5.78. The molecule has 116 valence electrons. The van der Waals surface area contributed by atoms with Gasteiger partial charge in [0.05, 0.1) is 17.0 Å². The van der Waals surface area contributed by atoms with E-state index >= 15 is 0 Å². The number of nitrogens with zero attached hydrogens (tertiary/aromatic N) is 3. The molecule has 21 heavy (non-hydrogen) atoms. The Morgan fingerprint density at radius 1 is 1.29 bits per heavy atom. The van der Waals surface area contributed by atoms with Crippen molar-refractivity contribution in [2.45, 2.75) is 64.3 Å². The van der Waals surface area contributed by atoms with Crippen LogP contribution < -0.4 is 0 Å². The Morgan fingerprint density at radius 3 is 2.52 bits per heavy atom. The summed E-state index contributed by atoms with van der Waals surface area (Å²) in [6.07, 6.45) is 8.64. The van der Waals surface area contributed by atoms with E-state index in [2.05, 4.69) is 11.0 Å². The van der Waals surface area contributed by atoms with Crippen molar-refractivity contribution < 1.29 is 4.79 Å². The van der Waals surface area contributed by atoms with E-state index in [4.69, 9.17) is 0 Å². The third-order valence-electron chi connectivity index (χ3n) is 5.37. The minimum absolute atomic E-state index is 0.0729. The van der Waals surface area contributed by atoms with Crippen LogP contribution in [0.3, 0.4) is 0 Å². The highest BCUT2D eigenvalue weighted by Crippen LogP contribution is 2.43. The molecular formula is C17H27N3O. The van der Waals surface area contributed by atoms with Gasteiger partial charge >= 0.3 is 6.03 Å². The molecule has 3 rings (SSSR count).